The molecule has 30 heavy (non-hydrogen) atoms. The molecule has 9 heteroatoms. The van der Waals surface area contributed by atoms with E-state index in [-0.39, 0.29) is 18.3 Å². The van der Waals surface area contributed by atoms with Crippen LogP contribution in [0.15, 0.2) is 59.6 Å². The molecule has 1 aliphatic heterocycles. The third kappa shape index (κ3) is 3.22. The lowest BCUT2D eigenvalue weighted by Crippen LogP contribution is -1.94. The fourth-order valence-corrected chi connectivity index (χ4v) is 3.17. The van der Waals surface area contributed by atoms with Crippen molar-refractivity contribution >= 4 is 28.6 Å². The van der Waals surface area contributed by atoms with E-state index in [1.165, 1.54) is 30.5 Å². The Labute approximate surface area is 168 Å². The highest BCUT2D eigenvalue weighted by atomic mass is 19.1. The number of hydrogen-bond donors (Lipinski definition) is 1. The van der Waals surface area contributed by atoms with Gasteiger partial charge < -0.3 is 14.5 Å². The van der Waals surface area contributed by atoms with Crippen LogP contribution >= 0.6 is 0 Å². The molecule has 0 saturated heterocycles. The Morgan fingerprint density at radius 3 is 2.63 bits per heavy atom. The van der Waals surface area contributed by atoms with Crippen LogP contribution in [0.25, 0.3) is 22.4 Å². The number of H-pyrrole nitrogens is 1. The van der Waals surface area contributed by atoms with Crippen LogP contribution in [0.1, 0.15) is 5.56 Å². The highest BCUT2D eigenvalue weighted by Gasteiger charge is 2.22. The van der Waals surface area contributed by atoms with Crippen LogP contribution in [0.3, 0.4) is 0 Å². The summed E-state index contributed by atoms with van der Waals surface area (Å²) in [5, 5.41) is 11.4. The first-order valence-electron chi connectivity index (χ1n) is 8.95. The third-order valence-electron chi connectivity index (χ3n) is 4.65. The first kappa shape index (κ1) is 17.8. The number of benzene rings is 3. The normalized spacial score (nSPS) is 12.7. The molecular formula is C21H13FN4O4. The van der Waals surface area contributed by atoms with Crippen LogP contribution < -0.4 is 9.47 Å². The average Bonchev–Trinajstić information content (AvgIpc) is 3.37. The number of fused-ring (bicyclic) bond motifs is 2. The molecular weight excluding hydrogens is 391 g/mol. The van der Waals surface area contributed by atoms with E-state index in [0.717, 1.165) is 16.6 Å². The molecule has 2 heterocycles. The molecule has 0 spiro atoms. The number of ether oxygens (including phenoxy) is 2. The Bertz CT molecular complexity index is 1310. The standard InChI is InChI=1S/C21H13FN4O4/c22-14-3-1-12(2-4-14)21-24-16-6-5-15(8-17(16)25-21)23-10-13-7-19-20(30-11-29-19)9-18(13)26(27)28/h1-10H,11H2,(H,24,25). The molecule has 1 N–H and O–H groups in total. The van der Waals surface area contributed by atoms with Crippen molar-refractivity contribution in [3.63, 3.8) is 0 Å². The minimum absolute atomic E-state index is 0.0277. The van der Waals surface area contributed by atoms with Crippen LogP contribution in [0.4, 0.5) is 15.8 Å². The number of nitrogens with one attached hydrogen (secondary N) is 1. The molecule has 5 rings (SSSR count). The molecule has 0 fully saturated rings. The van der Waals surface area contributed by atoms with Gasteiger partial charge >= 0.3 is 0 Å². The van der Waals surface area contributed by atoms with E-state index in [1.807, 2.05) is 0 Å². The fraction of sp³-hybridized carbons (Fsp3) is 0.0476. The van der Waals surface area contributed by atoms with E-state index < -0.39 is 4.92 Å². The van der Waals surface area contributed by atoms with Gasteiger partial charge in [0, 0.05) is 11.8 Å². The highest BCUT2D eigenvalue weighted by Crippen LogP contribution is 2.37. The van der Waals surface area contributed by atoms with Gasteiger partial charge in [-0.1, -0.05) is 0 Å². The third-order valence-corrected chi connectivity index (χ3v) is 4.65. The second kappa shape index (κ2) is 6.96. The molecule has 1 aromatic heterocycles. The number of rotatable bonds is 4. The summed E-state index contributed by atoms with van der Waals surface area (Å²) in [6.07, 6.45) is 1.42. The second-order valence-electron chi connectivity index (χ2n) is 6.57. The lowest BCUT2D eigenvalue weighted by Gasteiger charge is -2.00. The van der Waals surface area contributed by atoms with Gasteiger partial charge in [0.1, 0.15) is 11.6 Å². The van der Waals surface area contributed by atoms with Crippen molar-refractivity contribution in [2.45, 2.75) is 0 Å². The molecule has 4 aromatic rings. The predicted molar refractivity (Wildman–Crippen MR) is 108 cm³/mol. The van der Waals surface area contributed by atoms with Crippen molar-refractivity contribution in [2.24, 2.45) is 4.99 Å². The number of nitro benzene ring substituents is 1. The van der Waals surface area contributed by atoms with Gasteiger partial charge in [-0.15, -0.1) is 0 Å². The molecule has 148 valence electrons. The van der Waals surface area contributed by atoms with Crippen molar-refractivity contribution in [1.29, 1.82) is 0 Å². The van der Waals surface area contributed by atoms with Crippen molar-refractivity contribution in [1.82, 2.24) is 9.97 Å². The van der Waals surface area contributed by atoms with Crippen molar-refractivity contribution < 1.29 is 18.8 Å². The van der Waals surface area contributed by atoms with E-state index in [4.69, 9.17) is 9.47 Å². The number of aliphatic imine (C=N–C) groups is 1. The largest absolute Gasteiger partial charge is 0.454 e. The second-order valence-corrected chi connectivity index (χ2v) is 6.57. The molecule has 0 unspecified atom stereocenters. The smallest absolute Gasteiger partial charge is 0.282 e. The monoisotopic (exact) mass is 404 g/mol. The SMILES string of the molecule is O=[N+]([O-])c1cc2c(cc1C=Nc1ccc3nc(-c4ccc(F)cc4)[nH]c3c1)OCO2. The number of imidazole rings is 1. The number of nitrogens with zero attached hydrogens (tertiary/aromatic N) is 3. The minimum Gasteiger partial charge on any atom is -0.454 e. The Morgan fingerprint density at radius 1 is 1.10 bits per heavy atom. The summed E-state index contributed by atoms with van der Waals surface area (Å²) in [5.41, 5.74) is 2.99. The summed E-state index contributed by atoms with van der Waals surface area (Å²) in [7, 11) is 0. The number of aromatic amines is 1. The van der Waals surface area contributed by atoms with Crippen molar-refractivity contribution in [3.05, 3.63) is 76.1 Å². The van der Waals surface area contributed by atoms with Gasteiger partial charge in [0.05, 0.1) is 33.3 Å². The molecule has 0 bridgehead atoms. The summed E-state index contributed by atoms with van der Waals surface area (Å²) in [6, 6.07) is 14.2. The molecule has 8 nitrogen and oxygen atoms in total. The number of nitro groups is 1. The van der Waals surface area contributed by atoms with E-state index in [0.29, 0.717) is 28.6 Å². The maximum Gasteiger partial charge on any atom is 0.282 e. The molecule has 0 atom stereocenters. The molecule has 0 aliphatic carbocycles. The Hall–Kier alpha value is -4.27. The summed E-state index contributed by atoms with van der Waals surface area (Å²) >= 11 is 0. The zero-order valence-electron chi connectivity index (χ0n) is 15.3. The highest BCUT2D eigenvalue weighted by molar-refractivity contribution is 5.90. The Kier molecular flexibility index (Phi) is 4.13. The zero-order valence-corrected chi connectivity index (χ0v) is 15.3. The summed E-state index contributed by atoms with van der Waals surface area (Å²) in [5.74, 6) is 1.07. The van der Waals surface area contributed by atoms with Gasteiger partial charge in [-0.3, -0.25) is 15.1 Å². The maximum atomic E-state index is 13.1. The molecule has 0 saturated carbocycles. The quantitative estimate of drug-likeness (QED) is 0.300. The van der Waals surface area contributed by atoms with Gasteiger partial charge in [0.2, 0.25) is 6.79 Å². The predicted octanol–water partition coefficient (Wildman–Crippen LogP) is 4.76. The van der Waals surface area contributed by atoms with Crippen LogP contribution in [0, 0.1) is 15.9 Å². The molecule has 0 amide bonds. The Balaban J connectivity index is 1.48. The molecule has 0 radical (unpaired) electrons. The van der Waals surface area contributed by atoms with Gasteiger partial charge in [0.15, 0.2) is 11.5 Å². The van der Waals surface area contributed by atoms with E-state index >= 15 is 0 Å². The van der Waals surface area contributed by atoms with Crippen LogP contribution in [0.2, 0.25) is 0 Å². The first-order chi connectivity index (χ1) is 14.6. The van der Waals surface area contributed by atoms with Crippen LogP contribution in [-0.2, 0) is 0 Å². The van der Waals surface area contributed by atoms with E-state index in [9.17, 15) is 14.5 Å². The molecule has 3 aromatic carbocycles. The van der Waals surface area contributed by atoms with Crippen molar-refractivity contribution in [3.8, 4) is 22.9 Å². The number of aromatic nitrogens is 2. The first-order valence-corrected chi connectivity index (χ1v) is 8.95. The molecule has 1 aliphatic rings. The summed E-state index contributed by atoms with van der Waals surface area (Å²) in [6.45, 7) is 0.0277. The van der Waals surface area contributed by atoms with Gasteiger partial charge in [-0.25, -0.2) is 9.37 Å². The van der Waals surface area contributed by atoms with E-state index in [2.05, 4.69) is 15.0 Å². The van der Waals surface area contributed by atoms with Gasteiger partial charge in [-0.2, -0.15) is 0 Å². The summed E-state index contributed by atoms with van der Waals surface area (Å²) < 4.78 is 23.6. The van der Waals surface area contributed by atoms with E-state index in [1.54, 1.807) is 30.3 Å². The lowest BCUT2D eigenvalue weighted by molar-refractivity contribution is -0.385. The summed E-state index contributed by atoms with van der Waals surface area (Å²) in [4.78, 5) is 22.9. The van der Waals surface area contributed by atoms with Crippen molar-refractivity contribution in [2.75, 3.05) is 6.79 Å². The number of hydrogen-bond acceptors (Lipinski definition) is 6. The Morgan fingerprint density at radius 2 is 1.87 bits per heavy atom. The fourth-order valence-electron chi connectivity index (χ4n) is 3.17. The van der Waals surface area contributed by atoms with Crippen LogP contribution in [0.5, 0.6) is 11.5 Å². The maximum absolute atomic E-state index is 13.1. The number of halogens is 1. The zero-order chi connectivity index (χ0) is 20.7. The van der Waals surface area contributed by atoms with Gasteiger partial charge in [0.25, 0.3) is 5.69 Å². The lowest BCUT2D eigenvalue weighted by atomic mass is 10.1. The minimum atomic E-state index is -0.490. The van der Waals surface area contributed by atoms with Gasteiger partial charge in [-0.05, 0) is 48.5 Å². The average molecular weight is 404 g/mol. The van der Waals surface area contributed by atoms with Crippen LogP contribution in [-0.4, -0.2) is 27.9 Å². The topological polar surface area (TPSA) is 103 Å².